The second kappa shape index (κ2) is 6.26. The van der Waals surface area contributed by atoms with Crippen LogP contribution in [0.5, 0.6) is 0 Å². The van der Waals surface area contributed by atoms with E-state index in [0.29, 0.717) is 0 Å². The Bertz CT molecular complexity index is 932. The van der Waals surface area contributed by atoms with Gasteiger partial charge in [0.05, 0.1) is 22.7 Å². The molecule has 1 N–H and O–H groups in total. The molecule has 0 aliphatic rings. The molecular weight excluding hydrogens is 362 g/mol. The molecule has 24 heavy (non-hydrogen) atoms. The first kappa shape index (κ1) is 16.5. The first-order valence-electron chi connectivity index (χ1n) is 7.74. The Morgan fingerprint density at radius 2 is 1.83 bits per heavy atom. The fourth-order valence-electron chi connectivity index (χ4n) is 2.61. The van der Waals surface area contributed by atoms with E-state index in [1.807, 2.05) is 63.4 Å². The number of aryl methyl sites for hydroxylation is 1. The lowest BCUT2D eigenvalue weighted by atomic mass is 9.86. The molecule has 0 unspecified atom stereocenters. The average molecular weight is 380 g/mol. The van der Waals surface area contributed by atoms with E-state index >= 15 is 0 Å². The summed E-state index contributed by atoms with van der Waals surface area (Å²) >= 11 is 3.53. The lowest BCUT2D eigenvalue weighted by Crippen LogP contribution is -2.13. The van der Waals surface area contributed by atoms with Gasteiger partial charge in [-0.2, -0.15) is 5.26 Å². The van der Waals surface area contributed by atoms with Crippen molar-refractivity contribution in [2.45, 2.75) is 26.2 Å². The maximum absolute atomic E-state index is 9.26. The molecule has 0 saturated heterocycles. The zero-order valence-corrected chi connectivity index (χ0v) is 15.5. The molecule has 0 aliphatic heterocycles. The number of benzene rings is 2. The molecular formula is C20H18BrN3. The Hall–Kier alpha value is -2.38. The van der Waals surface area contributed by atoms with Crippen molar-refractivity contribution in [3.8, 4) is 6.07 Å². The van der Waals surface area contributed by atoms with E-state index in [1.54, 1.807) is 0 Å². The van der Waals surface area contributed by atoms with Crippen molar-refractivity contribution in [2.24, 2.45) is 0 Å². The Kier molecular flexibility index (Phi) is 4.29. The van der Waals surface area contributed by atoms with Gasteiger partial charge in [-0.25, -0.2) is 0 Å². The highest BCUT2D eigenvalue weighted by Gasteiger charge is 2.19. The van der Waals surface area contributed by atoms with Crippen LogP contribution in [-0.2, 0) is 5.41 Å². The number of rotatable bonds is 3. The lowest BCUT2D eigenvalue weighted by molar-refractivity contribution is 0.687. The molecule has 1 aromatic heterocycles. The van der Waals surface area contributed by atoms with Crippen LogP contribution in [0, 0.1) is 18.3 Å². The zero-order valence-electron chi connectivity index (χ0n) is 13.9. The number of halogens is 1. The first-order chi connectivity index (χ1) is 11.4. The summed E-state index contributed by atoms with van der Waals surface area (Å²) in [6, 6.07) is 16.4. The maximum Gasteiger partial charge on any atom is 0.0766 e. The van der Waals surface area contributed by atoms with Gasteiger partial charge in [0.2, 0.25) is 0 Å². The molecule has 0 bridgehead atoms. The zero-order chi connectivity index (χ0) is 17.3. The molecule has 3 aromatic rings. The minimum Gasteiger partial charge on any atom is -0.355 e. The third kappa shape index (κ3) is 3.13. The number of pyridine rings is 1. The highest BCUT2D eigenvalue weighted by atomic mass is 79.9. The Morgan fingerprint density at radius 1 is 1.12 bits per heavy atom. The summed E-state index contributed by atoms with van der Waals surface area (Å²) in [5, 5.41) is 13.8. The van der Waals surface area contributed by atoms with Crippen molar-refractivity contribution < 1.29 is 0 Å². The molecule has 1 heterocycles. The van der Waals surface area contributed by atoms with Crippen molar-refractivity contribution in [3.05, 3.63) is 64.3 Å². The van der Waals surface area contributed by atoms with E-state index in [4.69, 9.17) is 0 Å². The molecule has 0 atom stereocenters. The third-order valence-electron chi connectivity index (χ3n) is 4.17. The first-order valence-corrected chi connectivity index (χ1v) is 8.54. The van der Waals surface area contributed by atoms with E-state index in [1.165, 1.54) is 0 Å². The number of anilines is 2. The minimum absolute atomic E-state index is 0.483. The normalized spacial score (nSPS) is 11.3. The predicted molar refractivity (Wildman–Crippen MR) is 103 cm³/mol. The minimum atomic E-state index is -0.483. The number of nitrogens with one attached hydrogen (secondary N) is 1. The molecule has 0 radical (unpaired) electrons. The van der Waals surface area contributed by atoms with Crippen LogP contribution in [0.3, 0.4) is 0 Å². The quantitative estimate of drug-likeness (QED) is 0.620. The topological polar surface area (TPSA) is 48.7 Å². The monoisotopic (exact) mass is 379 g/mol. The highest BCUT2D eigenvalue weighted by molar-refractivity contribution is 9.10. The molecule has 0 spiro atoms. The van der Waals surface area contributed by atoms with Gasteiger partial charge in [-0.1, -0.05) is 28.1 Å². The molecule has 0 aliphatic carbocycles. The van der Waals surface area contributed by atoms with Crippen LogP contribution in [0.2, 0.25) is 0 Å². The van der Waals surface area contributed by atoms with E-state index in [-0.39, 0.29) is 0 Å². The number of aromatic nitrogens is 1. The standard InChI is InChI=1S/C20H18BrN3/c1-13-11-23-18-9-6-15(21)10-17(18)19(13)24-16-7-4-14(5-8-16)20(2,3)12-22/h4-11H,1-3H3,(H,23,24). The van der Waals surface area contributed by atoms with Gasteiger partial charge in [-0.05, 0) is 62.2 Å². The number of hydrogen-bond donors (Lipinski definition) is 1. The summed E-state index contributed by atoms with van der Waals surface area (Å²) in [7, 11) is 0. The number of nitrogens with zero attached hydrogens (tertiary/aromatic N) is 2. The van der Waals surface area contributed by atoms with E-state index in [9.17, 15) is 5.26 Å². The molecule has 3 rings (SSSR count). The second-order valence-corrected chi connectivity index (χ2v) is 7.33. The van der Waals surface area contributed by atoms with Gasteiger partial charge >= 0.3 is 0 Å². The smallest absolute Gasteiger partial charge is 0.0766 e. The van der Waals surface area contributed by atoms with Gasteiger partial charge in [0.1, 0.15) is 0 Å². The summed E-state index contributed by atoms with van der Waals surface area (Å²) in [6.07, 6.45) is 1.88. The van der Waals surface area contributed by atoms with E-state index in [2.05, 4.69) is 38.4 Å². The van der Waals surface area contributed by atoms with Crippen molar-refractivity contribution in [3.63, 3.8) is 0 Å². The molecule has 0 fully saturated rings. The average Bonchev–Trinajstić information content (AvgIpc) is 2.58. The number of hydrogen-bond acceptors (Lipinski definition) is 3. The summed E-state index contributed by atoms with van der Waals surface area (Å²) in [6.45, 7) is 5.89. The lowest BCUT2D eigenvalue weighted by Gasteiger charge is -2.17. The van der Waals surface area contributed by atoms with Crippen molar-refractivity contribution in [1.29, 1.82) is 5.26 Å². The van der Waals surface area contributed by atoms with Gasteiger partial charge in [-0.3, -0.25) is 4.98 Å². The third-order valence-corrected chi connectivity index (χ3v) is 4.67. The van der Waals surface area contributed by atoms with Gasteiger partial charge < -0.3 is 5.32 Å². The Balaban J connectivity index is 2.00. The highest BCUT2D eigenvalue weighted by Crippen LogP contribution is 2.31. The van der Waals surface area contributed by atoms with Gasteiger partial charge in [0, 0.05) is 21.7 Å². The SMILES string of the molecule is Cc1cnc2ccc(Br)cc2c1Nc1ccc(C(C)(C)C#N)cc1. The van der Waals surface area contributed by atoms with Gasteiger partial charge in [0.15, 0.2) is 0 Å². The number of fused-ring (bicyclic) bond motifs is 1. The van der Waals surface area contributed by atoms with Crippen LogP contribution in [0.1, 0.15) is 25.0 Å². The fraction of sp³-hybridized carbons (Fsp3) is 0.200. The predicted octanol–water partition coefficient (Wildman–Crippen LogP) is 5.85. The van der Waals surface area contributed by atoms with Crippen LogP contribution in [0.25, 0.3) is 10.9 Å². The number of nitriles is 1. The molecule has 0 saturated carbocycles. The molecule has 3 nitrogen and oxygen atoms in total. The Labute approximate surface area is 150 Å². The summed E-state index contributed by atoms with van der Waals surface area (Å²) in [5.74, 6) is 0. The Morgan fingerprint density at radius 3 is 2.50 bits per heavy atom. The van der Waals surface area contributed by atoms with Gasteiger partial charge in [0.25, 0.3) is 0 Å². The van der Waals surface area contributed by atoms with Crippen LogP contribution in [0.4, 0.5) is 11.4 Å². The van der Waals surface area contributed by atoms with Gasteiger partial charge in [-0.15, -0.1) is 0 Å². The summed E-state index contributed by atoms with van der Waals surface area (Å²) < 4.78 is 1.02. The largest absolute Gasteiger partial charge is 0.355 e. The summed E-state index contributed by atoms with van der Waals surface area (Å²) in [5.41, 5.74) is 4.60. The van der Waals surface area contributed by atoms with Crippen LogP contribution < -0.4 is 5.32 Å². The van der Waals surface area contributed by atoms with Crippen LogP contribution in [-0.4, -0.2) is 4.98 Å². The van der Waals surface area contributed by atoms with Crippen LogP contribution >= 0.6 is 15.9 Å². The molecule has 2 aromatic carbocycles. The summed E-state index contributed by atoms with van der Waals surface area (Å²) in [4.78, 5) is 4.48. The fourth-order valence-corrected chi connectivity index (χ4v) is 2.97. The van der Waals surface area contributed by atoms with Crippen LogP contribution in [0.15, 0.2) is 53.1 Å². The maximum atomic E-state index is 9.26. The van der Waals surface area contributed by atoms with Crippen molar-refractivity contribution in [1.82, 2.24) is 4.98 Å². The van der Waals surface area contributed by atoms with E-state index in [0.717, 1.165) is 37.9 Å². The van der Waals surface area contributed by atoms with E-state index < -0.39 is 5.41 Å². The van der Waals surface area contributed by atoms with Crippen molar-refractivity contribution in [2.75, 3.05) is 5.32 Å². The van der Waals surface area contributed by atoms with Crippen molar-refractivity contribution >= 4 is 38.2 Å². The second-order valence-electron chi connectivity index (χ2n) is 6.42. The molecule has 120 valence electrons. The molecule has 4 heteroatoms. The molecule has 0 amide bonds.